The third-order valence-corrected chi connectivity index (χ3v) is 4.82. The fourth-order valence-corrected chi connectivity index (χ4v) is 3.61. The molecule has 0 amide bonds. The van der Waals surface area contributed by atoms with Crippen LogP contribution in [-0.4, -0.2) is 15.0 Å². The summed E-state index contributed by atoms with van der Waals surface area (Å²) < 4.78 is 30.1. The highest BCUT2D eigenvalue weighted by Crippen LogP contribution is 2.22. The Morgan fingerprint density at radius 3 is 2.08 bits per heavy atom. The third-order valence-electron chi connectivity index (χ3n) is 3.58. The zero-order valence-electron chi connectivity index (χ0n) is 15.1. The number of hydrogen-bond donors (Lipinski definition) is 0. The van der Waals surface area contributed by atoms with E-state index in [1.54, 1.807) is 12.1 Å². The van der Waals surface area contributed by atoms with Gasteiger partial charge in [-0.15, -0.1) is 0 Å². The first-order valence-corrected chi connectivity index (χ1v) is 9.52. The molecule has 0 aliphatic carbocycles. The Morgan fingerprint density at radius 1 is 0.875 bits per heavy atom. The Labute approximate surface area is 145 Å². The minimum absolute atomic E-state index is 0.163. The first-order chi connectivity index (χ1) is 11.0. The summed E-state index contributed by atoms with van der Waals surface area (Å²) in [5.74, 6) is 0. The molecular weight excluding hydrogens is 320 g/mol. The third kappa shape index (κ3) is 5.46. The van der Waals surface area contributed by atoms with Gasteiger partial charge in [0.05, 0.1) is 11.5 Å². The molecule has 0 aliphatic rings. The summed E-state index contributed by atoms with van der Waals surface area (Å²) in [7, 11) is -3.74. The molecule has 0 unspecified atom stereocenters. The Morgan fingerprint density at radius 2 is 1.50 bits per heavy atom. The van der Waals surface area contributed by atoms with E-state index in [4.69, 9.17) is 4.18 Å². The number of hydrogen-bond acceptors (Lipinski definition) is 3. The van der Waals surface area contributed by atoms with Crippen molar-refractivity contribution in [1.29, 1.82) is 0 Å². The zero-order chi connectivity index (χ0) is 18.0. The van der Waals surface area contributed by atoms with Crippen molar-refractivity contribution in [2.45, 2.75) is 45.9 Å². The van der Waals surface area contributed by atoms with Gasteiger partial charge in [0.1, 0.15) is 0 Å². The molecule has 24 heavy (non-hydrogen) atoms. The highest BCUT2D eigenvalue weighted by atomic mass is 32.2. The van der Waals surface area contributed by atoms with Crippen LogP contribution >= 0.6 is 0 Å². The van der Waals surface area contributed by atoms with Gasteiger partial charge in [-0.2, -0.15) is 8.42 Å². The minimum atomic E-state index is -3.74. The second kappa shape index (κ2) is 7.08. The van der Waals surface area contributed by atoms with Gasteiger partial charge in [-0.25, -0.2) is 0 Å². The molecular formula is C20H26O3S. The lowest BCUT2D eigenvalue weighted by molar-refractivity contribution is 0.203. The van der Waals surface area contributed by atoms with Crippen LogP contribution in [0.5, 0.6) is 0 Å². The van der Waals surface area contributed by atoms with Crippen LogP contribution in [0.25, 0.3) is 0 Å². The van der Waals surface area contributed by atoms with Crippen LogP contribution in [-0.2, 0) is 20.7 Å². The van der Waals surface area contributed by atoms with Crippen LogP contribution < -0.4 is 0 Å². The van der Waals surface area contributed by atoms with Crippen LogP contribution in [0.4, 0.5) is 0 Å². The van der Waals surface area contributed by atoms with Crippen LogP contribution in [0, 0.1) is 19.3 Å². The Hall–Kier alpha value is -1.65. The number of benzene rings is 2. The smallest absolute Gasteiger partial charge is 0.266 e. The van der Waals surface area contributed by atoms with Crippen molar-refractivity contribution in [3.63, 3.8) is 0 Å². The summed E-state index contributed by atoms with van der Waals surface area (Å²) >= 11 is 0. The summed E-state index contributed by atoms with van der Waals surface area (Å²) in [6.07, 6.45) is 0.698. The lowest BCUT2D eigenvalue weighted by Crippen LogP contribution is -2.19. The topological polar surface area (TPSA) is 43.4 Å². The van der Waals surface area contributed by atoms with Gasteiger partial charge in [0.2, 0.25) is 0 Å². The van der Waals surface area contributed by atoms with E-state index >= 15 is 0 Å². The molecule has 3 nitrogen and oxygen atoms in total. The fraction of sp³-hybridized carbons (Fsp3) is 0.400. The lowest BCUT2D eigenvalue weighted by Gasteiger charge is -2.18. The van der Waals surface area contributed by atoms with Gasteiger partial charge in [0.25, 0.3) is 10.1 Å². The average molecular weight is 346 g/mol. The van der Waals surface area contributed by atoms with E-state index in [9.17, 15) is 8.42 Å². The molecule has 0 spiro atoms. The molecule has 0 aliphatic heterocycles. The predicted octanol–water partition coefficient (Wildman–Crippen LogP) is 4.65. The van der Waals surface area contributed by atoms with Crippen LogP contribution in [0.3, 0.4) is 0 Å². The molecule has 0 radical (unpaired) electrons. The maximum atomic E-state index is 12.5. The first-order valence-electron chi connectivity index (χ1n) is 8.11. The number of aryl methyl sites for hydroxylation is 2. The predicted molar refractivity (Wildman–Crippen MR) is 97.8 cm³/mol. The Balaban J connectivity index is 2.26. The fourth-order valence-electron chi connectivity index (χ4n) is 2.33. The first kappa shape index (κ1) is 18.7. The SMILES string of the molecule is Cc1ccc(Cc2cc(C)cc(S(=O)(=O)OCC(C)(C)C)c2)cc1. The molecule has 0 heterocycles. The van der Waals surface area contributed by atoms with Crippen LogP contribution in [0.2, 0.25) is 0 Å². The van der Waals surface area contributed by atoms with Crippen molar-refractivity contribution in [3.8, 4) is 0 Å². The summed E-state index contributed by atoms with van der Waals surface area (Å²) in [4.78, 5) is 0.230. The van der Waals surface area contributed by atoms with E-state index in [1.165, 1.54) is 5.56 Å². The molecule has 2 aromatic carbocycles. The van der Waals surface area contributed by atoms with E-state index in [-0.39, 0.29) is 16.9 Å². The van der Waals surface area contributed by atoms with Gasteiger partial charge in [-0.05, 0) is 54.5 Å². The van der Waals surface area contributed by atoms with Crippen molar-refractivity contribution in [1.82, 2.24) is 0 Å². The standard InChI is InChI=1S/C20H26O3S/c1-15-6-8-17(9-7-15)12-18-10-16(2)11-19(13-18)24(21,22)23-14-20(3,4)5/h6-11,13H,12,14H2,1-5H3. The van der Waals surface area contributed by atoms with E-state index in [1.807, 2.05) is 40.7 Å². The van der Waals surface area contributed by atoms with E-state index in [2.05, 4.69) is 24.3 Å². The molecule has 0 saturated carbocycles. The van der Waals surface area contributed by atoms with Gasteiger partial charge in [-0.1, -0.05) is 56.7 Å². The Bertz CT molecular complexity index is 798. The van der Waals surface area contributed by atoms with E-state index in [0.29, 0.717) is 6.42 Å². The molecule has 0 saturated heterocycles. The maximum absolute atomic E-state index is 12.5. The largest absolute Gasteiger partial charge is 0.297 e. The Kier molecular flexibility index (Phi) is 5.51. The zero-order valence-corrected chi connectivity index (χ0v) is 15.9. The van der Waals surface area contributed by atoms with E-state index in [0.717, 1.165) is 16.7 Å². The summed E-state index contributed by atoms with van der Waals surface area (Å²) in [5, 5.41) is 0. The monoisotopic (exact) mass is 346 g/mol. The molecule has 0 bridgehead atoms. The second-order valence-electron chi connectivity index (χ2n) is 7.59. The highest BCUT2D eigenvalue weighted by Gasteiger charge is 2.21. The van der Waals surface area contributed by atoms with Crippen molar-refractivity contribution in [2.75, 3.05) is 6.61 Å². The van der Waals surface area contributed by atoms with Crippen molar-refractivity contribution in [3.05, 3.63) is 64.7 Å². The number of rotatable bonds is 5. The summed E-state index contributed by atoms with van der Waals surface area (Å²) in [5.41, 5.74) is 4.04. The molecule has 0 N–H and O–H groups in total. The van der Waals surface area contributed by atoms with Gasteiger partial charge in [0.15, 0.2) is 0 Å². The van der Waals surface area contributed by atoms with Gasteiger partial charge in [0, 0.05) is 0 Å². The lowest BCUT2D eigenvalue weighted by atomic mass is 9.99. The molecule has 0 atom stereocenters. The highest BCUT2D eigenvalue weighted by molar-refractivity contribution is 7.86. The molecule has 2 rings (SSSR count). The van der Waals surface area contributed by atoms with Crippen molar-refractivity contribution < 1.29 is 12.6 Å². The van der Waals surface area contributed by atoms with Crippen molar-refractivity contribution >= 4 is 10.1 Å². The molecule has 4 heteroatoms. The second-order valence-corrected chi connectivity index (χ2v) is 9.21. The van der Waals surface area contributed by atoms with E-state index < -0.39 is 10.1 Å². The molecule has 0 aromatic heterocycles. The van der Waals surface area contributed by atoms with Gasteiger partial charge in [-0.3, -0.25) is 4.18 Å². The van der Waals surface area contributed by atoms with Gasteiger partial charge >= 0.3 is 0 Å². The average Bonchev–Trinajstić information content (AvgIpc) is 2.46. The normalized spacial score (nSPS) is 12.4. The van der Waals surface area contributed by atoms with Crippen molar-refractivity contribution in [2.24, 2.45) is 5.41 Å². The maximum Gasteiger partial charge on any atom is 0.297 e. The van der Waals surface area contributed by atoms with Gasteiger partial charge < -0.3 is 0 Å². The van der Waals surface area contributed by atoms with Crippen LogP contribution in [0.1, 0.15) is 43.0 Å². The molecule has 2 aromatic rings. The minimum Gasteiger partial charge on any atom is -0.266 e. The molecule has 130 valence electrons. The molecule has 0 fully saturated rings. The summed E-state index contributed by atoms with van der Waals surface area (Å²) in [6.45, 7) is 9.95. The quantitative estimate of drug-likeness (QED) is 0.740. The summed E-state index contributed by atoms with van der Waals surface area (Å²) in [6, 6.07) is 13.7. The van der Waals surface area contributed by atoms with Crippen LogP contribution in [0.15, 0.2) is 47.4 Å².